The lowest BCUT2D eigenvalue weighted by Crippen LogP contribution is -2.25. The van der Waals surface area contributed by atoms with Gasteiger partial charge in [-0.1, -0.05) is 12.1 Å². The number of carbonyl (C=O) groups excluding carboxylic acids is 1. The average Bonchev–Trinajstić information content (AvgIpc) is 2.95. The molecule has 2 heterocycles. The Morgan fingerprint density at radius 1 is 1.36 bits per heavy atom. The normalized spacial score (nSPS) is 15.3. The summed E-state index contributed by atoms with van der Waals surface area (Å²) in [7, 11) is 0. The molecule has 0 saturated carbocycles. The molecule has 1 aliphatic heterocycles. The number of rotatable bonds is 6. The summed E-state index contributed by atoms with van der Waals surface area (Å²) in [5.41, 5.74) is 3.75. The Bertz CT molecular complexity index is 701. The Labute approximate surface area is 147 Å². The summed E-state index contributed by atoms with van der Waals surface area (Å²) in [6.07, 6.45) is 2.38. The molecule has 2 aromatic rings. The van der Waals surface area contributed by atoms with Crippen LogP contribution in [0.15, 0.2) is 24.3 Å². The minimum Gasteiger partial charge on any atom is -0.381 e. The zero-order valence-electron chi connectivity index (χ0n) is 14.8. The van der Waals surface area contributed by atoms with Crippen LogP contribution in [-0.2, 0) is 14.3 Å². The van der Waals surface area contributed by atoms with Crippen molar-refractivity contribution in [3.63, 3.8) is 0 Å². The Hall–Kier alpha value is -2.18. The van der Waals surface area contributed by atoms with E-state index in [2.05, 4.69) is 15.3 Å². The van der Waals surface area contributed by atoms with Crippen LogP contribution in [0.4, 0.5) is 5.69 Å². The van der Waals surface area contributed by atoms with Crippen molar-refractivity contribution in [2.75, 3.05) is 25.1 Å². The molecule has 0 atom stereocenters. The van der Waals surface area contributed by atoms with Crippen molar-refractivity contribution in [2.24, 2.45) is 0 Å². The van der Waals surface area contributed by atoms with Gasteiger partial charge in [-0.2, -0.15) is 0 Å². The number of aromatic amines is 1. The summed E-state index contributed by atoms with van der Waals surface area (Å²) < 4.78 is 11.0. The number of hydrogen-bond acceptors (Lipinski definition) is 4. The maximum absolute atomic E-state index is 12.1. The highest BCUT2D eigenvalue weighted by atomic mass is 16.5. The summed E-state index contributed by atoms with van der Waals surface area (Å²) in [6, 6.07) is 7.69. The Morgan fingerprint density at radius 3 is 2.88 bits per heavy atom. The van der Waals surface area contributed by atoms with Gasteiger partial charge in [0.05, 0.1) is 24.8 Å². The molecule has 1 aromatic heterocycles. The first-order chi connectivity index (χ1) is 12.1. The van der Waals surface area contributed by atoms with E-state index in [0.29, 0.717) is 13.0 Å². The van der Waals surface area contributed by atoms with E-state index in [4.69, 9.17) is 9.47 Å². The number of nitrogens with one attached hydrogen (secondary N) is 2. The van der Waals surface area contributed by atoms with E-state index in [1.807, 2.05) is 38.1 Å². The van der Waals surface area contributed by atoms with E-state index in [0.717, 1.165) is 54.5 Å². The van der Waals surface area contributed by atoms with E-state index in [1.54, 1.807) is 0 Å². The first-order valence-corrected chi connectivity index (χ1v) is 8.74. The molecular formula is C19H25N3O3. The van der Waals surface area contributed by atoms with Gasteiger partial charge in [0.2, 0.25) is 5.91 Å². The van der Waals surface area contributed by atoms with Crippen LogP contribution in [0.25, 0.3) is 11.4 Å². The quantitative estimate of drug-likeness (QED) is 0.844. The Balaban J connectivity index is 1.52. The molecule has 1 aromatic carbocycles. The van der Waals surface area contributed by atoms with Crippen molar-refractivity contribution in [3.05, 3.63) is 35.7 Å². The molecule has 6 nitrogen and oxygen atoms in total. The number of hydrogen-bond donors (Lipinski definition) is 2. The topological polar surface area (TPSA) is 76.2 Å². The van der Waals surface area contributed by atoms with Gasteiger partial charge >= 0.3 is 0 Å². The number of imidazole rings is 1. The average molecular weight is 343 g/mol. The monoisotopic (exact) mass is 343 g/mol. The summed E-state index contributed by atoms with van der Waals surface area (Å²) in [5.74, 6) is 0.768. The highest BCUT2D eigenvalue weighted by molar-refractivity contribution is 5.91. The van der Waals surface area contributed by atoms with Gasteiger partial charge in [0.15, 0.2) is 0 Å². The second kappa shape index (κ2) is 8.27. The molecule has 0 radical (unpaired) electrons. The van der Waals surface area contributed by atoms with Crippen molar-refractivity contribution in [3.8, 4) is 11.4 Å². The smallest absolute Gasteiger partial charge is 0.226 e. The zero-order chi connectivity index (χ0) is 17.6. The first kappa shape index (κ1) is 17.6. The van der Waals surface area contributed by atoms with E-state index >= 15 is 0 Å². The number of carbonyl (C=O) groups is 1. The second-order valence-electron chi connectivity index (χ2n) is 6.36. The van der Waals surface area contributed by atoms with Crippen LogP contribution in [0.2, 0.25) is 0 Å². The lowest BCUT2D eigenvalue weighted by molar-refractivity contribution is -0.118. The third-order valence-electron chi connectivity index (χ3n) is 4.40. The molecule has 134 valence electrons. The van der Waals surface area contributed by atoms with E-state index in [9.17, 15) is 4.79 Å². The molecule has 0 unspecified atom stereocenters. The van der Waals surface area contributed by atoms with Crippen LogP contribution < -0.4 is 5.32 Å². The first-order valence-electron chi connectivity index (χ1n) is 8.74. The molecular weight excluding hydrogens is 318 g/mol. The summed E-state index contributed by atoms with van der Waals surface area (Å²) in [5, 5.41) is 2.93. The molecule has 6 heteroatoms. The Morgan fingerprint density at radius 2 is 2.16 bits per heavy atom. The van der Waals surface area contributed by atoms with E-state index in [-0.39, 0.29) is 12.0 Å². The summed E-state index contributed by atoms with van der Waals surface area (Å²) in [6.45, 7) is 5.90. The number of aromatic nitrogens is 2. The van der Waals surface area contributed by atoms with Gasteiger partial charge in [0, 0.05) is 30.2 Å². The fourth-order valence-corrected chi connectivity index (χ4v) is 2.81. The molecule has 3 rings (SSSR count). The minimum atomic E-state index is -0.0454. The highest BCUT2D eigenvalue weighted by Crippen LogP contribution is 2.21. The van der Waals surface area contributed by atoms with Crippen molar-refractivity contribution in [1.82, 2.24) is 9.97 Å². The van der Waals surface area contributed by atoms with Crippen molar-refractivity contribution >= 4 is 11.6 Å². The SMILES string of the molecule is Cc1nc(-c2cccc(NC(=O)CCOC3CCOCC3)c2)[nH]c1C. The molecule has 1 fully saturated rings. The van der Waals surface area contributed by atoms with Crippen LogP contribution in [-0.4, -0.2) is 41.8 Å². The van der Waals surface area contributed by atoms with E-state index in [1.165, 1.54) is 0 Å². The van der Waals surface area contributed by atoms with Gasteiger partial charge in [0.1, 0.15) is 5.82 Å². The second-order valence-corrected chi connectivity index (χ2v) is 6.36. The van der Waals surface area contributed by atoms with Gasteiger partial charge in [0.25, 0.3) is 0 Å². The lowest BCUT2D eigenvalue weighted by atomic mass is 10.1. The minimum absolute atomic E-state index is 0.0454. The van der Waals surface area contributed by atoms with Gasteiger partial charge < -0.3 is 19.8 Å². The zero-order valence-corrected chi connectivity index (χ0v) is 14.8. The van der Waals surface area contributed by atoms with Crippen LogP contribution in [0, 0.1) is 13.8 Å². The largest absolute Gasteiger partial charge is 0.381 e. The van der Waals surface area contributed by atoms with Crippen LogP contribution >= 0.6 is 0 Å². The third-order valence-corrected chi connectivity index (χ3v) is 4.40. The predicted octanol–water partition coefficient (Wildman–Crippen LogP) is 3.22. The highest BCUT2D eigenvalue weighted by Gasteiger charge is 2.14. The van der Waals surface area contributed by atoms with Gasteiger partial charge in [-0.25, -0.2) is 4.98 Å². The number of nitrogens with zero attached hydrogens (tertiary/aromatic N) is 1. The molecule has 0 aliphatic carbocycles. The molecule has 1 aliphatic rings. The van der Waals surface area contributed by atoms with Gasteiger partial charge in [-0.15, -0.1) is 0 Å². The molecule has 0 bridgehead atoms. The molecule has 0 spiro atoms. The standard InChI is InChI=1S/C19H25N3O3/c1-13-14(2)21-19(20-13)15-4-3-5-16(12-15)22-18(23)8-11-25-17-6-9-24-10-7-17/h3-5,12,17H,6-11H2,1-2H3,(H,20,21)(H,22,23). The van der Waals surface area contributed by atoms with Gasteiger partial charge in [-0.3, -0.25) is 4.79 Å². The third kappa shape index (κ3) is 4.90. The fourth-order valence-electron chi connectivity index (χ4n) is 2.81. The molecule has 25 heavy (non-hydrogen) atoms. The number of ether oxygens (including phenoxy) is 2. The maximum Gasteiger partial charge on any atom is 0.226 e. The predicted molar refractivity (Wildman–Crippen MR) is 96.5 cm³/mol. The van der Waals surface area contributed by atoms with Crippen molar-refractivity contribution in [2.45, 2.75) is 39.2 Å². The van der Waals surface area contributed by atoms with Crippen LogP contribution in [0.5, 0.6) is 0 Å². The van der Waals surface area contributed by atoms with Crippen LogP contribution in [0.3, 0.4) is 0 Å². The maximum atomic E-state index is 12.1. The summed E-state index contributed by atoms with van der Waals surface area (Å²) in [4.78, 5) is 19.9. The number of amides is 1. The molecule has 1 amide bonds. The lowest BCUT2D eigenvalue weighted by Gasteiger charge is -2.22. The van der Waals surface area contributed by atoms with Crippen molar-refractivity contribution < 1.29 is 14.3 Å². The van der Waals surface area contributed by atoms with Crippen LogP contribution in [0.1, 0.15) is 30.7 Å². The molecule has 1 saturated heterocycles. The number of H-pyrrole nitrogens is 1. The molecule has 2 N–H and O–H groups in total. The van der Waals surface area contributed by atoms with Gasteiger partial charge in [-0.05, 0) is 38.8 Å². The fraction of sp³-hybridized carbons (Fsp3) is 0.474. The number of benzene rings is 1. The van der Waals surface area contributed by atoms with E-state index < -0.39 is 0 Å². The number of aryl methyl sites for hydroxylation is 2. The van der Waals surface area contributed by atoms with Crippen molar-refractivity contribution in [1.29, 1.82) is 0 Å². The Kier molecular flexibility index (Phi) is 5.83. The number of anilines is 1. The summed E-state index contributed by atoms with van der Waals surface area (Å²) >= 11 is 0.